The van der Waals surface area contributed by atoms with Gasteiger partial charge in [0, 0.05) is 0 Å². The van der Waals surface area contributed by atoms with Crippen molar-refractivity contribution in [1.29, 1.82) is 0 Å². The molecule has 0 bridgehead atoms. The highest BCUT2D eigenvalue weighted by molar-refractivity contribution is 5.86. The van der Waals surface area contributed by atoms with Gasteiger partial charge in [0.15, 0.2) is 0 Å². The van der Waals surface area contributed by atoms with E-state index in [2.05, 4.69) is 260 Å². The van der Waals surface area contributed by atoms with Gasteiger partial charge in [0.1, 0.15) is 0 Å². The van der Waals surface area contributed by atoms with Crippen LogP contribution in [0.1, 0.15) is 167 Å². The minimum absolute atomic E-state index is 1.10. The predicted octanol–water partition coefficient (Wildman–Crippen LogP) is 22.5. The summed E-state index contributed by atoms with van der Waals surface area (Å²) >= 11 is 0. The maximum absolute atomic E-state index is 2.37. The average Bonchev–Trinajstić information content (AvgIpc) is 2.67. The van der Waals surface area contributed by atoms with Crippen molar-refractivity contribution in [3.05, 3.63) is 288 Å². The molecule has 10 aromatic rings. The van der Waals surface area contributed by atoms with Crippen LogP contribution in [-0.4, -0.2) is 0 Å². The molecule has 0 radical (unpaired) electrons. The molecular weight excluding hydrogens is 1020 g/mol. The highest BCUT2D eigenvalue weighted by Gasteiger charge is 2.28. The maximum atomic E-state index is 2.37. The molecule has 0 saturated heterocycles. The van der Waals surface area contributed by atoms with E-state index in [1.807, 2.05) is 0 Å². The third-order valence-corrected chi connectivity index (χ3v) is 20.8. The fraction of sp³-hybridized carbons (Fsp3) is 0.294. The van der Waals surface area contributed by atoms with Crippen LogP contribution in [0.3, 0.4) is 0 Å². The Labute approximate surface area is 511 Å². The van der Waals surface area contributed by atoms with Gasteiger partial charge in [0.05, 0.1) is 0 Å². The van der Waals surface area contributed by atoms with E-state index in [1.165, 1.54) is 223 Å². The van der Waals surface area contributed by atoms with Crippen LogP contribution in [0.5, 0.6) is 0 Å². The number of fused-ring (bicyclic) bond motifs is 15. The van der Waals surface area contributed by atoms with E-state index >= 15 is 0 Å². The monoisotopic (exact) mass is 1110 g/mol. The number of hydrogen-bond acceptors (Lipinski definition) is 0. The van der Waals surface area contributed by atoms with Crippen molar-refractivity contribution in [2.45, 2.75) is 171 Å². The van der Waals surface area contributed by atoms with Crippen LogP contribution in [0.25, 0.3) is 55.6 Å². The molecule has 0 aliphatic heterocycles. The molecule has 10 aromatic carbocycles. The molecule has 0 spiro atoms. The Morgan fingerprint density at radius 1 is 0.188 bits per heavy atom. The largest absolute Gasteiger partial charge is 0.0617 e. The second-order valence-electron chi connectivity index (χ2n) is 26.5. The second kappa shape index (κ2) is 22.9. The van der Waals surface area contributed by atoms with Crippen LogP contribution in [0.2, 0.25) is 0 Å². The molecule has 5 aliphatic carbocycles. The minimum Gasteiger partial charge on any atom is -0.0617 e. The van der Waals surface area contributed by atoms with E-state index in [9.17, 15) is 0 Å². The molecule has 5 aliphatic rings. The molecule has 0 N–H and O–H groups in total. The molecule has 0 nitrogen and oxygen atoms in total. The zero-order valence-electron chi connectivity index (χ0n) is 55.1. The quantitative estimate of drug-likeness (QED) is 0.142. The van der Waals surface area contributed by atoms with Gasteiger partial charge in [-0.3, -0.25) is 0 Å². The lowest BCUT2D eigenvalue weighted by Gasteiger charge is -2.13. The zero-order chi connectivity index (χ0) is 60.8. The zero-order valence-corrected chi connectivity index (χ0v) is 55.1. The lowest BCUT2D eigenvalue weighted by atomic mass is 9.92. The highest BCUT2D eigenvalue weighted by Crippen LogP contribution is 2.47. The lowest BCUT2D eigenvalue weighted by Crippen LogP contribution is -1.93. The van der Waals surface area contributed by atoms with E-state index in [0.717, 1.165) is 32.1 Å². The first kappa shape index (κ1) is 59.0. The van der Waals surface area contributed by atoms with Crippen LogP contribution < -0.4 is 0 Å². The summed E-state index contributed by atoms with van der Waals surface area (Å²) in [6.45, 7) is 44.6. The van der Waals surface area contributed by atoms with Crippen molar-refractivity contribution in [3.63, 3.8) is 0 Å². The van der Waals surface area contributed by atoms with Crippen LogP contribution >= 0.6 is 0 Å². The fourth-order valence-electron chi connectivity index (χ4n) is 15.2. The van der Waals surface area contributed by atoms with Gasteiger partial charge in [0.2, 0.25) is 0 Å². The van der Waals surface area contributed by atoms with Gasteiger partial charge in [0.25, 0.3) is 0 Å². The first-order valence-corrected chi connectivity index (χ1v) is 31.4. The Bertz CT molecular complexity index is 4400. The van der Waals surface area contributed by atoms with Crippen LogP contribution in [0.15, 0.2) is 121 Å². The predicted molar refractivity (Wildman–Crippen MR) is 368 cm³/mol. The topological polar surface area (TPSA) is 0 Å². The van der Waals surface area contributed by atoms with Crippen LogP contribution in [0.4, 0.5) is 0 Å². The maximum Gasteiger partial charge on any atom is -0.000809 e. The Morgan fingerprint density at radius 3 is 1.18 bits per heavy atom. The average molecular weight is 1110 g/mol. The van der Waals surface area contributed by atoms with Gasteiger partial charge in [-0.2, -0.15) is 0 Å². The Kier molecular flexibility index (Phi) is 15.9. The Hall–Kier alpha value is -7.80. The van der Waals surface area contributed by atoms with Gasteiger partial charge in [-0.15, -0.1) is 0 Å². The number of aryl methyl sites for hydroxylation is 12. The summed E-state index contributed by atoms with van der Waals surface area (Å²) in [4.78, 5) is 0. The minimum atomic E-state index is 1.10. The third-order valence-electron chi connectivity index (χ3n) is 20.8. The molecule has 0 saturated carbocycles. The lowest BCUT2D eigenvalue weighted by molar-refractivity contribution is 1.17. The van der Waals surface area contributed by atoms with Gasteiger partial charge < -0.3 is 0 Å². The summed E-state index contributed by atoms with van der Waals surface area (Å²) < 4.78 is 0. The van der Waals surface area contributed by atoms with Crippen molar-refractivity contribution in [2.75, 3.05) is 0 Å². The van der Waals surface area contributed by atoms with Gasteiger partial charge in [-0.1, -0.05) is 138 Å². The third kappa shape index (κ3) is 10.6. The molecule has 0 heteroatoms. The van der Waals surface area contributed by atoms with Gasteiger partial charge >= 0.3 is 0 Å². The summed E-state index contributed by atoms with van der Waals surface area (Å²) in [5, 5.41) is 0. The number of rotatable bonds is 0. The smallest absolute Gasteiger partial charge is 0.000809 e. The van der Waals surface area contributed by atoms with E-state index in [-0.39, 0.29) is 0 Å². The van der Waals surface area contributed by atoms with Crippen molar-refractivity contribution in [3.8, 4) is 55.6 Å². The van der Waals surface area contributed by atoms with Gasteiger partial charge in [-0.05, 0) is 376 Å². The van der Waals surface area contributed by atoms with E-state index in [4.69, 9.17) is 0 Å². The summed E-state index contributed by atoms with van der Waals surface area (Å²) in [5.41, 5.74) is 58.4. The summed E-state index contributed by atoms with van der Waals surface area (Å²) in [5.74, 6) is 0. The summed E-state index contributed by atoms with van der Waals surface area (Å²) in [6, 6.07) is 45.7. The molecular formula is C85H90. The standard InChI is InChI=1S/5C17H18/c1-10-5-6-16-14(7-10)9-15-8-11(2)12(3)13(4)17(15)16;1-10-5-6-14-9-15-8-11(2)12(3)13(4)17(15)16(14)7-10;1-10-5-6-15-14(7-10)9-16-12(3)8-11(2)13(4)17(15)16;1-10-6-5-7-14-9-15-8-11(2)12(3)13(4)17(15)16(10)14;1-10-6-5-7-14-15(10)9-16-12(3)8-11(2)13(4)17(14)16/h5*5-8H,9H2,1-4H3. The SMILES string of the molecule is Cc1cc(C)c2c(c1C)-c1cccc(C)c1C2.Cc1cc2c(c(C)c1C)-c1c(C)cccc1C2.Cc1ccc2c(c1)-c1c(cc(C)c(C)c1C)C2.Cc1ccc2c(c1)Cc1c(C)cc(C)c(C)c1-2.Cc1ccc2c(c1)Cc1cc(C)c(C)c(C)c1-2. The molecule has 85 heavy (non-hydrogen) atoms. The second-order valence-corrected chi connectivity index (χ2v) is 26.5. The molecule has 430 valence electrons. The number of hydrogen-bond donors (Lipinski definition) is 0. The summed E-state index contributed by atoms with van der Waals surface area (Å²) in [6.07, 6.45) is 5.54. The van der Waals surface area contributed by atoms with Crippen molar-refractivity contribution in [2.24, 2.45) is 0 Å². The van der Waals surface area contributed by atoms with Crippen LogP contribution in [0, 0.1) is 138 Å². The van der Waals surface area contributed by atoms with Crippen LogP contribution in [-0.2, 0) is 32.1 Å². The highest BCUT2D eigenvalue weighted by atomic mass is 14.3. The molecule has 0 unspecified atom stereocenters. The number of benzene rings is 10. The first-order valence-electron chi connectivity index (χ1n) is 31.4. The Morgan fingerprint density at radius 2 is 0.600 bits per heavy atom. The van der Waals surface area contributed by atoms with E-state index in [0.29, 0.717) is 0 Å². The molecule has 0 fully saturated rings. The summed E-state index contributed by atoms with van der Waals surface area (Å²) in [7, 11) is 0. The van der Waals surface area contributed by atoms with Crippen molar-refractivity contribution in [1.82, 2.24) is 0 Å². The molecule has 0 aromatic heterocycles. The molecule has 0 heterocycles. The van der Waals surface area contributed by atoms with E-state index < -0.39 is 0 Å². The molecule has 0 atom stereocenters. The fourth-order valence-corrected chi connectivity index (χ4v) is 15.2. The van der Waals surface area contributed by atoms with Crippen molar-refractivity contribution < 1.29 is 0 Å². The van der Waals surface area contributed by atoms with E-state index in [1.54, 1.807) is 0 Å². The molecule has 15 rings (SSSR count). The first-order chi connectivity index (χ1) is 40.4. The normalized spacial score (nSPS) is 12.5. The molecule has 0 amide bonds. The Balaban J connectivity index is 0.000000111. The van der Waals surface area contributed by atoms with Crippen molar-refractivity contribution >= 4 is 0 Å². The van der Waals surface area contributed by atoms with Gasteiger partial charge in [-0.25, -0.2) is 0 Å².